The minimum atomic E-state index is 0.159. The Morgan fingerprint density at radius 3 is 2.62 bits per heavy atom. The van der Waals surface area contributed by atoms with Gasteiger partial charge in [0.25, 0.3) is 0 Å². The number of hydrogen-bond acceptors (Lipinski definition) is 2. The molecule has 3 nitrogen and oxygen atoms in total. The Morgan fingerprint density at radius 1 is 1.19 bits per heavy atom. The summed E-state index contributed by atoms with van der Waals surface area (Å²) < 4.78 is 0. The van der Waals surface area contributed by atoms with E-state index < -0.39 is 0 Å². The van der Waals surface area contributed by atoms with Crippen molar-refractivity contribution in [2.24, 2.45) is 11.7 Å². The highest BCUT2D eigenvalue weighted by Crippen LogP contribution is 2.28. The predicted octanol–water partition coefficient (Wildman–Crippen LogP) is 2.20. The molecule has 1 aliphatic rings. The minimum Gasteiger partial charge on any atom is -0.356 e. The molecule has 0 unspecified atom stereocenters. The first-order valence-corrected chi connectivity index (χ1v) is 6.79. The van der Waals surface area contributed by atoms with Crippen molar-refractivity contribution in [1.82, 2.24) is 5.32 Å². The number of nitrogens with two attached hydrogens (primary N) is 1. The van der Waals surface area contributed by atoms with Crippen molar-refractivity contribution >= 4 is 5.91 Å². The Balaban J connectivity index is 1.85. The highest BCUT2D eigenvalue weighted by Gasteiger charge is 2.13. The van der Waals surface area contributed by atoms with E-state index in [1.807, 2.05) is 0 Å². The Morgan fingerprint density at radius 2 is 1.94 bits per heavy atom. The lowest BCUT2D eigenvalue weighted by atomic mass is 10.0. The summed E-state index contributed by atoms with van der Waals surface area (Å²) in [5.41, 5.74) is 5.34. The number of carbonyl (C=O) groups is 1. The van der Waals surface area contributed by atoms with Gasteiger partial charge in [0.15, 0.2) is 0 Å². The van der Waals surface area contributed by atoms with Crippen molar-refractivity contribution in [1.29, 1.82) is 0 Å². The topological polar surface area (TPSA) is 55.1 Å². The molecular formula is C13H26N2O. The molecule has 0 heterocycles. The largest absolute Gasteiger partial charge is 0.356 e. The van der Waals surface area contributed by atoms with Crippen LogP contribution in [-0.4, -0.2) is 19.0 Å². The standard InChI is InChI=1S/C13H26N2O/c14-10-5-9-13(16)15-11-4-3-8-12-6-1-2-7-12/h12H,1-11,14H2,(H,15,16). The molecule has 3 N–H and O–H groups in total. The first-order valence-electron chi connectivity index (χ1n) is 6.79. The SMILES string of the molecule is NCCCC(=O)NCCCCC1CCCC1. The molecule has 1 aliphatic carbocycles. The van der Waals surface area contributed by atoms with E-state index in [1.54, 1.807) is 0 Å². The zero-order valence-corrected chi connectivity index (χ0v) is 10.3. The minimum absolute atomic E-state index is 0.159. The number of rotatable bonds is 8. The summed E-state index contributed by atoms with van der Waals surface area (Å²) in [4.78, 5) is 11.3. The van der Waals surface area contributed by atoms with E-state index in [4.69, 9.17) is 5.73 Å². The van der Waals surface area contributed by atoms with Crippen molar-refractivity contribution in [3.8, 4) is 0 Å². The number of nitrogens with one attached hydrogen (secondary N) is 1. The molecule has 0 radical (unpaired) electrons. The molecule has 0 bridgehead atoms. The average molecular weight is 226 g/mol. The fourth-order valence-electron chi connectivity index (χ4n) is 2.44. The maximum Gasteiger partial charge on any atom is 0.220 e. The van der Waals surface area contributed by atoms with E-state index in [-0.39, 0.29) is 5.91 Å². The smallest absolute Gasteiger partial charge is 0.220 e. The van der Waals surface area contributed by atoms with Crippen LogP contribution in [0.25, 0.3) is 0 Å². The van der Waals surface area contributed by atoms with Crippen LogP contribution in [0.1, 0.15) is 57.8 Å². The van der Waals surface area contributed by atoms with Crippen molar-refractivity contribution in [2.75, 3.05) is 13.1 Å². The van der Waals surface area contributed by atoms with Gasteiger partial charge in [-0.25, -0.2) is 0 Å². The molecular weight excluding hydrogens is 200 g/mol. The van der Waals surface area contributed by atoms with E-state index in [2.05, 4.69) is 5.32 Å². The molecule has 0 aromatic carbocycles. The van der Waals surface area contributed by atoms with Crippen LogP contribution < -0.4 is 11.1 Å². The van der Waals surface area contributed by atoms with Gasteiger partial charge in [-0.3, -0.25) is 4.79 Å². The van der Waals surface area contributed by atoms with Crippen LogP contribution in [0.5, 0.6) is 0 Å². The molecule has 1 saturated carbocycles. The van der Waals surface area contributed by atoms with Crippen LogP contribution >= 0.6 is 0 Å². The Bertz CT molecular complexity index is 188. The predicted molar refractivity (Wildman–Crippen MR) is 67.1 cm³/mol. The first-order chi connectivity index (χ1) is 7.83. The Hall–Kier alpha value is -0.570. The Labute approximate surface area is 99.2 Å². The number of carbonyl (C=O) groups excluding carboxylic acids is 1. The second kappa shape index (κ2) is 8.57. The van der Waals surface area contributed by atoms with Gasteiger partial charge < -0.3 is 11.1 Å². The monoisotopic (exact) mass is 226 g/mol. The second-order valence-corrected chi connectivity index (χ2v) is 4.89. The molecule has 0 aromatic rings. The highest BCUT2D eigenvalue weighted by atomic mass is 16.1. The third kappa shape index (κ3) is 6.11. The summed E-state index contributed by atoms with van der Waals surface area (Å²) >= 11 is 0. The summed E-state index contributed by atoms with van der Waals surface area (Å²) in [6, 6.07) is 0. The van der Waals surface area contributed by atoms with E-state index in [1.165, 1.54) is 38.5 Å². The summed E-state index contributed by atoms with van der Waals surface area (Å²) in [6.07, 6.45) is 10.9. The third-order valence-electron chi connectivity index (χ3n) is 3.44. The van der Waals surface area contributed by atoms with Gasteiger partial charge in [-0.05, 0) is 25.3 Å². The van der Waals surface area contributed by atoms with Crippen molar-refractivity contribution in [2.45, 2.75) is 57.8 Å². The molecule has 0 atom stereocenters. The van der Waals surface area contributed by atoms with E-state index in [9.17, 15) is 4.79 Å². The summed E-state index contributed by atoms with van der Waals surface area (Å²) in [7, 11) is 0. The van der Waals surface area contributed by atoms with Gasteiger partial charge in [0.1, 0.15) is 0 Å². The fourth-order valence-corrected chi connectivity index (χ4v) is 2.44. The number of amides is 1. The highest BCUT2D eigenvalue weighted by molar-refractivity contribution is 5.75. The van der Waals surface area contributed by atoms with Gasteiger partial charge in [0.05, 0.1) is 0 Å². The maximum absolute atomic E-state index is 11.3. The zero-order chi connectivity index (χ0) is 11.6. The van der Waals surface area contributed by atoms with Crippen molar-refractivity contribution in [3.63, 3.8) is 0 Å². The van der Waals surface area contributed by atoms with Gasteiger partial charge >= 0.3 is 0 Å². The van der Waals surface area contributed by atoms with E-state index >= 15 is 0 Å². The summed E-state index contributed by atoms with van der Waals surface area (Å²) in [6.45, 7) is 1.45. The molecule has 1 rings (SSSR count). The van der Waals surface area contributed by atoms with Crippen LogP contribution in [0.15, 0.2) is 0 Å². The molecule has 94 valence electrons. The summed E-state index contributed by atoms with van der Waals surface area (Å²) in [5, 5.41) is 2.95. The zero-order valence-electron chi connectivity index (χ0n) is 10.3. The maximum atomic E-state index is 11.3. The lowest BCUT2D eigenvalue weighted by Gasteiger charge is -2.08. The van der Waals surface area contributed by atoms with Crippen LogP contribution in [0.3, 0.4) is 0 Å². The molecule has 0 saturated heterocycles. The van der Waals surface area contributed by atoms with Gasteiger partial charge in [-0.1, -0.05) is 38.5 Å². The Kier molecular flexibility index (Phi) is 7.23. The molecule has 1 amide bonds. The van der Waals surface area contributed by atoms with Crippen molar-refractivity contribution < 1.29 is 4.79 Å². The van der Waals surface area contributed by atoms with Crippen LogP contribution in [0, 0.1) is 5.92 Å². The molecule has 0 aromatic heterocycles. The van der Waals surface area contributed by atoms with Crippen LogP contribution in [0.4, 0.5) is 0 Å². The summed E-state index contributed by atoms with van der Waals surface area (Å²) in [5.74, 6) is 1.14. The third-order valence-corrected chi connectivity index (χ3v) is 3.44. The van der Waals surface area contributed by atoms with Crippen LogP contribution in [0.2, 0.25) is 0 Å². The van der Waals surface area contributed by atoms with Crippen LogP contribution in [-0.2, 0) is 4.79 Å². The molecule has 16 heavy (non-hydrogen) atoms. The van der Waals surface area contributed by atoms with Gasteiger partial charge in [0.2, 0.25) is 5.91 Å². The normalized spacial score (nSPS) is 16.6. The van der Waals surface area contributed by atoms with Crippen molar-refractivity contribution in [3.05, 3.63) is 0 Å². The lowest BCUT2D eigenvalue weighted by molar-refractivity contribution is -0.121. The lowest BCUT2D eigenvalue weighted by Crippen LogP contribution is -2.24. The fraction of sp³-hybridized carbons (Fsp3) is 0.923. The molecule has 1 fully saturated rings. The molecule has 3 heteroatoms. The van der Waals surface area contributed by atoms with E-state index in [0.717, 1.165) is 25.3 Å². The van der Waals surface area contributed by atoms with Gasteiger partial charge in [0, 0.05) is 13.0 Å². The molecule has 0 aliphatic heterocycles. The molecule has 0 spiro atoms. The first kappa shape index (κ1) is 13.5. The number of hydrogen-bond donors (Lipinski definition) is 2. The van der Waals surface area contributed by atoms with Gasteiger partial charge in [-0.15, -0.1) is 0 Å². The van der Waals surface area contributed by atoms with E-state index in [0.29, 0.717) is 13.0 Å². The van der Waals surface area contributed by atoms with Gasteiger partial charge in [-0.2, -0.15) is 0 Å². The average Bonchev–Trinajstić information content (AvgIpc) is 2.79. The second-order valence-electron chi connectivity index (χ2n) is 4.89. The number of unbranched alkanes of at least 4 members (excludes halogenated alkanes) is 1. The quantitative estimate of drug-likeness (QED) is 0.623.